The van der Waals surface area contributed by atoms with Crippen LogP contribution in [-0.4, -0.2) is 14.0 Å². The zero-order valence-corrected chi connectivity index (χ0v) is 27.9. The van der Waals surface area contributed by atoms with E-state index in [2.05, 4.69) is 145 Å². The number of nitrogens with zero attached hydrogens (tertiary/aromatic N) is 4. The van der Waals surface area contributed by atoms with Crippen LogP contribution in [0.1, 0.15) is 36.5 Å². The minimum Gasteiger partial charge on any atom is -0.358 e. The fourth-order valence-corrected chi connectivity index (χ4v) is 5.85. The molecule has 4 aromatic heterocycles. The molecule has 0 fully saturated rings. The maximum absolute atomic E-state index is 4.41. The molecular formula is C39H34IrN4+. The van der Waals surface area contributed by atoms with Crippen molar-refractivity contribution in [3.63, 3.8) is 0 Å². The first-order valence-corrected chi connectivity index (χ1v) is 15.0. The minimum absolute atomic E-state index is 0. The Balaban J connectivity index is 0.000000183. The number of aromatic nitrogens is 4. The topological polar surface area (TPSA) is 26.1 Å². The van der Waals surface area contributed by atoms with Crippen LogP contribution in [0.2, 0.25) is 0 Å². The third-order valence-electron chi connectivity index (χ3n) is 8.37. The standard InChI is InChI=1S/C25H20N3.C14H14N.Ir/c1-2-3-13-26-14-15-27(17-26)18-11-12-24-22(16-18)21-9-6-8-20-19-7-4-5-10-23(19)28(24)25(20)21;1-10-4-6-13(7-5-10)14-8-11(2)12(3)9-15-14;/h4-12,14-15H,2-3,13H2,1H3;4-6,8-9H,1-3H3;/q2*-1;+3. The normalized spacial score (nSPS) is 11.3. The zero-order valence-electron chi connectivity index (χ0n) is 25.5. The van der Waals surface area contributed by atoms with Gasteiger partial charge in [0.1, 0.15) is 0 Å². The molecule has 218 valence electrons. The van der Waals surface area contributed by atoms with Crippen molar-refractivity contribution in [2.45, 2.75) is 47.1 Å². The Morgan fingerprint density at radius 2 is 1.66 bits per heavy atom. The molecule has 0 unspecified atom stereocenters. The van der Waals surface area contributed by atoms with E-state index in [4.69, 9.17) is 0 Å². The second-order valence-electron chi connectivity index (χ2n) is 11.4. The van der Waals surface area contributed by atoms with Crippen LogP contribution in [0.5, 0.6) is 0 Å². The van der Waals surface area contributed by atoms with Crippen molar-refractivity contribution in [2.75, 3.05) is 0 Å². The van der Waals surface area contributed by atoms with E-state index in [9.17, 15) is 0 Å². The van der Waals surface area contributed by atoms with Gasteiger partial charge < -0.3 is 18.5 Å². The van der Waals surface area contributed by atoms with Gasteiger partial charge in [-0.05, 0) is 54.2 Å². The smallest absolute Gasteiger partial charge is 0.358 e. The Kier molecular flexibility index (Phi) is 8.35. The van der Waals surface area contributed by atoms with E-state index < -0.39 is 0 Å². The summed E-state index contributed by atoms with van der Waals surface area (Å²) in [6.07, 6.45) is 11.9. The fraction of sp³-hybridized carbons (Fsp3) is 0.179. The Morgan fingerprint density at radius 3 is 2.45 bits per heavy atom. The number of unbranched alkanes of at least 4 members (excludes halogenated alkanes) is 1. The van der Waals surface area contributed by atoms with Gasteiger partial charge >= 0.3 is 20.1 Å². The number of para-hydroxylation sites is 2. The van der Waals surface area contributed by atoms with Gasteiger partial charge in [0.05, 0.1) is 6.54 Å². The second-order valence-corrected chi connectivity index (χ2v) is 11.4. The SMILES string of the molecule is CCCC[n+]1[c-]n(-c2[c-]c3c4cccc5c6ccccc6n(c3cc2)c45)cc1.Cc1c[c-]c(-c2cc(C)c(C)cn2)cc1.[Ir+3]. The van der Waals surface area contributed by atoms with E-state index >= 15 is 0 Å². The molecule has 44 heavy (non-hydrogen) atoms. The van der Waals surface area contributed by atoms with Gasteiger partial charge in [0.15, 0.2) is 0 Å². The van der Waals surface area contributed by atoms with Gasteiger partial charge in [-0.15, -0.1) is 59.0 Å². The molecule has 0 saturated carbocycles. The zero-order chi connectivity index (χ0) is 29.5. The van der Waals surface area contributed by atoms with Crippen molar-refractivity contribution < 1.29 is 24.7 Å². The minimum atomic E-state index is 0. The van der Waals surface area contributed by atoms with Gasteiger partial charge in [0.25, 0.3) is 0 Å². The molecule has 0 bridgehead atoms. The van der Waals surface area contributed by atoms with Gasteiger partial charge in [-0.3, -0.25) is 0 Å². The van der Waals surface area contributed by atoms with Crippen LogP contribution < -0.4 is 4.57 Å². The van der Waals surface area contributed by atoms with E-state index in [-0.39, 0.29) is 20.1 Å². The molecule has 0 spiro atoms. The van der Waals surface area contributed by atoms with Crippen LogP contribution in [0.4, 0.5) is 0 Å². The first kappa shape index (κ1) is 29.7. The summed E-state index contributed by atoms with van der Waals surface area (Å²) in [6, 6.07) is 34.8. The summed E-state index contributed by atoms with van der Waals surface area (Å²) in [4.78, 5) is 4.41. The van der Waals surface area contributed by atoms with Gasteiger partial charge in [-0.1, -0.05) is 73.7 Å². The molecule has 0 N–H and O–H groups in total. The quantitative estimate of drug-likeness (QED) is 0.128. The van der Waals surface area contributed by atoms with Gasteiger partial charge in [-0.25, -0.2) is 0 Å². The molecule has 4 aromatic carbocycles. The molecule has 8 rings (SSSR count). The van der Waals surface area contributed by atoms with Crippen LogP contribution in [-0.2, 0) is 26.7 Å². The van der Waals surface area contributed by atoms with E-state index in [1.165, 1.54) is 67.6 Å². The molecule has 0 aliphatic heterocycles. The number of hydrogen-bond donors (Lipinski definition) is 0. The van der Waals surface area contributed by atoms with Crippen LogP contribution in [0.25, 0.3) is 55.0 Å². The third-order valence-corrected chi connectivity index (χ3v) is 8.37. The summed E-state index contributed by atoms with van der Waals surface area (Å²) in [6.45, 7) is 9.46. The predicted octanol–water partition coefficient (Wildman–Crippen LogP) is 8.79. The van der Waals surface area contributed by atoms with E-state index in [0.29, 0.717) is 0 Å². The average molecular weight is 751 g/mol. The molecule has 4 nitrogen and oxygen atoms in total. The Bertz CT molecular complexity index is 2200. The molecule has 5 heteroatoms. The first-order chi connectivity index (χ1) is 21.0. The Morgan fingerprint density at radius 1 is 0.841 bits per heavy atom. The van der Waals surface area contributed by atoms with Gasteiger partial charge in [-0.2, -0.15) is 0 Å². The summed E-state index contributed by atoms with van der Waals surface area (Å²) in [5.41, 5.74) is 10.6. The van der Waals surface area contributed by atoms with Gasteiger partial charge in [0.2, 0.25) is 6.33 Å². The Hall–Kier alpha value is -4.31. The van der Waals surface area contributed by atoms with Crippen molar-refractivity contribution >= 4 is 38.1 Å². The van der Waals surface area contributed by atoms with E-state index in [0.717, 1.165) is 23.5 Å². The predicted molar refractivity (Wildman–Crippen MR) is 176 cm³/mol. The Labute approximate surface area is 272 Å². The number of pyridine rings is 1. The molecule has 8 aromatic rings. The molecule has 0 radical (unpaired) electrons. The van der Waals surface area contributed by atoms with Crippen LogP contribution >= 0.6 is 0 Å². The number of benzene rings is 4. The number of imidazole rings is 1. The summed E-state index contributed by atoms with van der Waals surface area (Å²) < 4.78 is 6.56. The molecule has 0 aliphatic rings. The van der Waals surface area contributed by atoms with Crippen molar-refractivity contribution in [3.8, 4) is 16.9 Å². The first-order valence-electron chi connectivity index (χ1n) is 15.0. The van der Waals surface area contributed by atoms with Crippen molar-refractivity contribution in [3.05, 3.63) is 133 Å². The monoisotopic (exact) mass is 751 g/mol. The number of aryl methyl sites for hydroxylation is 4. The van der Waals surface area contributed by atoms with Crippen molar-refractivity contribution in [2.24, 2.45) is 0 Å². The van der Waals surface area contributed by atoms with Crippen LogP contribution in [0.15, 0.2) is 97.5 Å². The molecular weight excluding hydrogens is 717 g/mol. The summed E-state index contributed by atoms with van der Waals surface area (Å²) in [7, 11) is 0. The maximum Gasteiger partial charge on any atom is 3.00 e. The largest absolute Gasteiger partial charge is 3.00 e. The number of rotatable bonds is 5. The summed E-state index contributed by atoms with van der Waals surface area (Å²) in [5.74, 6) is 0. The maximum atomic E-state index is 4.41. The average Bonchev–Trinajstić information content (AvgIpc) is 3.74. The second kappa shape index (κ2) is 12.4. The van der Waals surface area contributed by atoms with Crippen molar-refractivity contribution in [1.82, 2.24) is 14.0 Å². The van der Waals surface area contributed by atoms with Gasteiger partial charge in [0, 0.05) is 35.0 Å². The van der Waals surface area contributed by atoms with Crippen molar-refractivity contribution in [1.29, 1.82) is 0 Å². The number of hydrogen-bond acceptors (Lipinski definition) is 1. The molecule has 4 heterocycles. The number of fused-ring (bicyclic) bond motifs is 6. The fourth-order valence-electron chi connectivity index (χ4n) is 5.85. The molecule has 0 saturated heterocycles. The van der Waals surface area contributed by atoms with Crippen LogP contribution in [0, 0.1) is 39.2 Å². The van der Waals surface area contributed by atoms with Crippen LogP contribution in [0.3, 0.4) is 0 Å². The van der Waals surface area contributed by atoms with E-state index in [1.807, 2.05) is 16.8 Å². The van der Waals surface area contributed by atoms with E-state index in [1.54, 1.807) is 0 Å². The molecule has 0 aliphatic carbocycles. The molecule has 0 atom stereocenters. The molecule has 0 amide bonds. The summed E-state index contributed by atoms with van der Waals surface area (Å²) >= 11 is 0. The third kappa shape index (κ3) is 5.32. The summed E-state index contributed by atoms with van der Waals surface area (Å²) in [5, 5.41) is 5.05.